The van der Waals surface area contributed by atoms with Crippen molar-refractivity contribution in [2.24, 2.45) is 0 Å². The molecule has 1 atom stereocenters. The van der Waals surface area contributed by atoms with Gasteiger partial charge < -0.3 is 9.64 Å². The van der Waals surface area contributed by atoms with Gasteiger partial charge in [-0.15, -0.1) is 0 Å². The van der Waals surface area contributed by atoms with Gasteiger partial charge >= 0.3 is 6.18 Å². The summed E-state index contributed by atoms with van der Waals surface area (Å²) in [6.45, 7) is 1.97. The molecular weight excluding hydrogens is 509 g/mol. The van der Waals surface area contributed by atoms with Crippen molar-refractivity contribution in [3.63, 3.8) is 0 Å². The van der Waals surface area contributed by atoms with E-state index in [9.17, 15) is 35.2 Å². The zero-order valence-electron chi connectivity index (χ0n) is 19.2. The summed E-state index contributed by atoms with van der Waals surface area (Å²) in [7, 11) is -3.77. The van der Waals surface area contributed by atoms with Gasteiger partial charge in [0.05, 0.1) is 22.7 Å². The maximum absolute atomic E-state index is 14.5. The monoisotopic (exact) mass is 529 g/mol. The van der Waals surface area contributed by atoms with Crippen molar-refractivity contribution in [2.45, 2.75) is 44.1 Å². The molecule has 36 heavy (non-hydrogen) atoms. The zero-order valence-corrected chi connectivity index (χ0v) is 20.0. The second-order valence-electron chi connectivity index (χ2n) is 8.44. The lowest BCUT2D eigenvalue weighted by Crippen LogP contribution is -2.33. The van der Waals surface area contributed by atoms with Crippen molar-refractivity contribution in [2.75, 3.05) is 6.26 Å². The van der Waals surface area contributed by atoms with E-state index in [0.29, 0.717) is 11.3 Å². The summed E-state index contributed by atoms with van der Waals surface area (Å²) in [5.41, 5.74) is 0.419. The standard InChI is InChI=1S/C23H20F5N3O4S/c1-12-17(24)5-6-19(21(12)25)31-10-14-9-30(11-18(14)29-31)22(32)16-8-15(36(3,33)34)4-7-20(16)35-13(2)23(26,27)28/h4-8,10,13H,9,11H2,1-3H3. The quantitative estimate of drug-likeness (QED) is 0.459. The summed E-state index contributed by atoms with van der Waals surface area (Å²) in [5.74, 6) is -2.68. The van der Waals surface area contributed by atoms with E-state index < -0.39 is 45.4 Å². The Morgan fingerprint density at radius 1 is 1.14 bits per heavy atom. The van der Waals surface area contributed by atoms with E-state index in [1.165, 1.54) is 28.8 Å². The smallest absolute Gasteiger partial charge is 0.425 e. The van der Waals surface area contributed by atoms with Crippen LogP contribution in [-0.4, -0.2) is 47.5 Å². The van der Waals surface area contributed by atoms with Crippen molar-refractivity contribution in [1.29, 1.82) is 0 Å². The van der Waals surface area contributed by atoms with E-state index in [0.717, 1.165) is 37.4 Å². The van der Waals surface area contributed by atoms with Gasteiger partial charge in [0.2, 0.25) is 0 Å². The van der Waals surface area contributed by atoms with Gasteiger partial charge in [-0.05, 0) is 44.2 Å². The summed E-state index contributed by atoms with van der Waals surface area (Å²) in [6, 6.07) is 5.39. The lowest BCUT2D eigenvalue weighted by atomic mass is 10.1. The van der Waals surface area contributed by atoms with Gasteiger partial charge in [-0.2, -0.15) is 18.3 Å². The summed E-state index contributed by atoms with van der Waals surface area (Å²) >= 11 is 0. The molecule has 0 bridgehead atoms. The van der Waals surface area contributed by atoms with Crippen LogP contribution in [0.25, 0.3) is 5.69 Å². The van der Waals surface area contributed by atoms with Gasteiger partial charge in [-0.25, -0.2) is 21.9 Å². The third-order valence-corrected chi connectivity index (χ3v) is 6.90. The van der Waals surface area contributed by atoms with E-state index in [1.54, 1.807) is 0 Å². The van der Waals surface area contributed by atoms with Gasteiger partial charge in [-0.1, -0.05) is 0 Å². The number of sulfone groups is 1. The Kier molecular flexibility index (Phi) is 6.31. The first kappa shape index (κ1) is 25.6. The summed E-state index contributed by atoms with van der Waals surface area (Å²) in [5, 5.41) is 4.26. The third kappa shape index (κ3) is 4.79. The maximum Gasteiger partial charge on any atom is 0.425 e. The molecule has 0 aliphatic carbocycles. The minimum atomic E-state index is -4.71. The van der Waals surface area contributed by atoms with E-state index in [2.05, 4.69) is 5.10 Å². The number of fused-ring (bicyclic) bond motifs is 1. The maximum atomic E-state index is 14.5. The second kappa shape index (κ2) is 8.87. The predicted octanol–water partition coefficient (Wildman–Crippen LogP) is 4.35. The van der Waals surface area contributed by atoms with E-state index >= 15 is 0 Å². The molecule has 0 spiro atoms. The number of halogens is 5. The van der Waals surface area contributed by atoms with Crippen LogP contribution < -0.4 is 4.74 Å². The molecule has 192 valence electrons. The molecule has 7 nitrogen and oxygen atoms in total. The molecule has 2 heterocycles. The van der Waals surface area contributed by atoms with Crippen LogP contribution in [0.15, 0.2) is 41.4 Å². The SMILES string of the molecule is Cc1c(F)ccc(-n2cc3c(n2)CN(C(=O)c2cc(S(C)(=O)=O)ccc2OC(C)C(F)(F)F)C3)c1F. The first-order valence-electron chi connectivity index (χ1n) is 10.6. The molecule has 1 unspecified atom stereocenters. The highest BCUT2D eigenvalue weighted by Crippen LogP contribution is 2.32. The number of aromatic nitrogens is 2. The fraction of sp³-hybridized carbons (Fsp3) is 0.304. The average molecular weight is 529 g/mol. The number of hydrogen-bond acceptors (Lipinski definition) is 5. The molecule has 0 radical (unpaired) electrons. The molecule has 13 heteroatoms. The van der Waals surface area contributed by atoms with Crippen molar-refractivity contribution in [3.05, 3.63) is 70.5 Å². The average Bonchev–Trinajstić information content (AvgIpc) is 3.35. The van der Waals surface area contributed by atoms with Crippen molar-refractivity contribution in [3.8, 4) is 11.4 Å². The fourth-order valence-electron chi connectivity index (χ4n) is 3.68. The molecule has 1 aliphatic heterocycles. The number of amides is 1. The van der Waals surface area contributed by atoms with Crippen LogP contribution in [0, 0.1) is 18.6 Å². The molecule has 2 aromatic carbocycles. The van der Waals surface area contributed by atoms with Crippen molar-refractivity contribution in [1.82, 2.24) is 14.7 Å². The molecule has 1 amide bonds. The van der Waals surface area contributed by atoms with E-state index in [4.69, 9.17) is 4.74 Å². The highest BCUT2D eigenvalue weighted by Gasteiger charge is 2.39. The Morgan fingerprint density at radius 2 is 1.83 bits per heavy atom. The van der Waals surface area contributed by atoms with Crippen molar-refractivity contribution < 1.29 is 39.9 Å². The Bertz CT molecular complexity index is 1440. The Hall–Kier alpha value is -3.48. The lowest BCUT2D eigenvalue weighted by molar-refractivity contribution is -0.189. The van der Waals surface area contributed by atoms with Crippen LogP contribution in [0.5, 0.6) is 5.75 Å². The normalized spacial score (nSPS) is 14.6. The Morgan fingerprint density at radius 3 is 2.44 bits per heavy atom. The molecule has 4 rings (SSSR count). The predicted molar refractivity (Wildman–Crippen MR) is 117 cm³/mol. The van der Waals surface area contributed by atoms with Gasteiger partial charge in [-0.3, -0.25) is 4.79 Å². The summed E-state index contributed by atoms with van der Waals surface area (Å²) in [6.07, 6.45) is -4.59. The van der Waals surface area contributed by atoms with Gasteiger partial charge in [0, 0.05) is 30.1 Å². The Labute approximate surface area is 203 Å². The van der Waals surface area contributed by atoms with Crippen LogP contribution in [0.2, 0.25) is 0 Å². The molecule has 1 aliphatic rings. The molecule has 0 N–H and O–H groups in total. The molecule has 1 aromatic heterocycles. The van der Waals surface area contributed by atoms with Crippen LogP contribution >= 0.6 is 0 Å². The number of nitrogens with zero attached hydrogens (tertiary/aromatic N) is 3. The molecular formula is C23H20F5N3O4S. The van der Waals surface area contributed by atoms with Crippen LogP contribution in [-0.2, 0) is 22.9 Å². The first-order chi connectivity index (χ1) is 16.7. The molecule has 0 saturated heterocycles. The largest absolute Gasteiger partial charge is 0.480 e. The molecule has 3 aromatic rings. The summed E-state index contributed by atoms with van der Waals surface area (Å²) in [4.78, 5) is 14.3. The number of rotatable bonds is 5. The topological polar surface area (TPSA) is 81.5 Å². The number of carbonyl (C=O) groups excluding carboxylic acids is 1. The Balaban J connectivity index is 1.63. The zero-order chi connectivity index (χ0) is 26.6. The van der Waals surface area contributed by atoms with Crippen LogP contribution in [0.3, 0.4) is 0 Å². The molecule has 0 saturated carbocycles. The number of ether oxygens (including phenoxy) is 1. The molecule has 0 fully saturated rings. The fourth-order valence-corrected chi connectivity index (χ4v) is 4.33. The van der Waals surface area contributed by atoms with E-state index in [-0.39, 0.29) is 34.8 Å². The number of carbonyl (C=O) groups is 1. The van der Waals surface area contributed by atoms with E-state index in [1.807, 2.05) is 0 Å². The lowest BCUT2D eigenvalue weighted by Gasteiger charge is -2.22. The van der Waals surface area contributed by atoms with Gasteiger partial charge in [0.25, 0.3) is 5.91 Å². The number of benzene rings is 2. The highest BCUT2D eigenvalue weighted by molar-refractivity contribution is 7.90. The van der Waals surface area contributed by atoms with Crippen LogP contribution in [0.4, 0.5) is 22.0 Å². The highest BCUT2D eigenvalue weighted by atomic mass is 32.2. The third-order valence-electron chi connectivity index (χ3n) is 5.79. The number of hydrogen-bond donors (Lipinski definition) is 0. The first-order valence-corrected chi connectivity index (χ1v) is 12.4. The number of alkyl halides is 3. The van der Waals surface area contributed by atoms with Gasteiger partial charge in [0.15, 0.2) is 21.8 Å². The van der Waals surface area contributed by atoms with Gasteiger partial charge in [0.1, 0.15) is 17.3 Å². The minimum absolute atomic E-state index is 0.0128. The van der Waals surface area contributed by atoms with Crippen LogP contribution in [0.1, 0.15) is 34.1 Å². The second-order valence-corrected chi connectivity index (χ2v) is 10.5. The van der Waals surface area contributed by atoms with Crippen molar-refractivity contribution >= 4 is 15.7 Å². The minimum Gasteiger partial charge on any atom is -0.480 e. The summed E-state index contributed by atoms with van der Waals surface area (Å²) < 4.78 is 97.4.